The van der Waals surface area contributed by atoms with Crippen molar-refractivity contribution in [2.45, 2.75) is 32.7 Å². The molecular formula is C18H23BrN2. The quantitative estimate of drug-likeness (QED) is 0.841. The molecule has 0 aliphatic heterocycles. The number of halogens is 1. The Kier molecular flexibility index (Phi) is 5.43. The van der Waals surface area contributed by atoms with Crippen molar-refractivity contribution >= 4 is 27.3 Å². The summed E-state index contributed by atoms with van der Waals surface area (Å²) in [5.41, 5.74) is 11.1. The molecule has 2 rings (SSSR count). The van der Waals surface area contributed by atoms with Gasteiger partial charge in [0.2, 0.25) is 0 Å². The van der Waals surface area contributed by atoms with Crippen LogP contribution in [0.15, 0.2) is 46.9 Å². The highest BCUT2D eigenvalue weighted by Crippen LogP contribution is 2.31. The zero-order chi connectivity index (χ0) is 15.4. The molecule has 3 heteroatoms. The van der Waals surface area contributed by atoms with Gasteiger partial charge in [-0.25, -0.2) is 0 Å². The molecule has 0 spiro atoms. The second-order valence-electron chi connectivity index (χ2n) is 5.54. The summed E-state index contributed by atoms with van der Waals surface area (Å²) in [4.78, 5) is 2.23. The number of aryl methyl sites for hydroxylation is 1. The third kappa shape index (κ3) is 4.08. The maximum Gasteiger partial charge on any atom is 0.0452 e. The fraction of sp³-hybridized carbons (Fsp3) is 0.333. The summed E-state index contributed by atoms with van der Waals surface area (Å²) in [6, 6.07) is 15.2. The van der Waals surface area contributed by atoms with Crippen molar-refractivity contribution < 1.29 is 0 Å². The van der Waals surface area contributed by atoms with Crippen LogP contribution in [0.5, 0.6) is 0 Å². The molecule has 2 aromatic rings. The van der Waals surface area contributed by atoms with E-state index in [1.807, 2.05) is 0 Å². The van der Waals surface area contributed by atoms with Gasteiger partial charge >= 0.3 is 0 Å². The molecule has 0 heterocycles. The van der Waals surface area contributed by atoms with E-state index < -0.39 is 0 Å². The van der Waals surface area contributed by atoms with Crippen LogP contribution in [-0.4, -0.2) is 13.1 Å². The zero-order valence-corrected chi connectivity index (χ0v) is 14.5. The summed E-state index contributed by atoms with van der Waals surface area (Å²) in [5.74, 6) is 0. The average molecular weight is 347 g/mol. The molecule has 2 aromatic carbocycles. The molecule has 1 unspecified atom stereocenters. The molecule has 0 bridgehead atoms. The summed E-state index contributed by atoms with van der Waals surface area (Å²) in [5, 5.41) is 0. The van der Waals surface area contributed by atoms with Crippen LogP contribution in [0.2, 0.25) is 0 Å². The van der Waals surface area contributed by atoms with Gasteiger partial charge in [0, 0.05) is 28.9 Å². The van der Waals surface area contributed by atoms with Gasteiger partial charge in [-0.3, -0.25) is 0 Å². The third-order valence-electron chi connectivity index (χ3n) is 3.80. The Morgan fingerprint density at radius 2 is 1.95 bits per heavy atom. The van der Waals surface area contributed by atoms with Crippen molar-refractivity contribution in [1.82, 2.24) is 0 Å². The van der Waals surface area contributed by atoms with Gasteiger partial charge in [-0.15, -0.1) is 0 Å². The van der Waals surface area contributed by atoms with Crippen LogP contribution in [-0.2, 0) is 6.42 Å². The van der Waals surface area contributed by atoms with Gasteiger partial charge in [0.25, 0.3) is 0 Å². The number of anilines is 2. The van der Waals surface area contributed by atoms with Crippen LogP contribution >= 0.6 is 15.9 Å². The van der Waals surface area contributed by atoms with Gasteiger partial charge in [-0.2, -0.15) is 0 Å². The van der Waals surface area contributed by atoms with Gasteiger partial charge in [0.15, 0.2) is 0 Å². The largest absolute Gasteiger partial charge is 0.344 e. The highest BCUT2D eigenvalue weighted by atomic mass is 79.9. The van der Waals surface area contributed by atoms with Crippen molar-refractivity contribution in [3.05, 3.63) is 58.1 Å². The standard InChI is InChI=1S/C18H23BrN2/c1-4-16(20)11-14-8-9-15(19)12-18(14)21(3)17-7-5-6-13(2)10-17/h5-10,12,16H,4,11,20H2,1-3H3. The molecule has 0 aromatic heterocycles. The second-order valence-corrected chi connectivity index (χ2v) is 6.46. The van der Waals surface area contributed by atoms with Gasteiger partial charge < -0.3 is 10.6 Å². The van der Waals surface area contributed by atoms with E-state index >= 15 is 0 Å². The van der Waals surface area contributed by atoms with E-state index in [2.05, 4.69) is 84.2 Å². The third-order valence-corrected chi connectivity index (χ3v) is 4.30. The van der Waals surface area contributed by atoms with E-state index in [4.69, 9.17) is 5.73 Å². The molecule has 2 nitrogen and oxygen atoms in total. The minimum Gasteiger partial charge on any atom is -0.344 e. The van der Waals surface area contributed by atoms with Crippen LogP contribution in [0, 0.1) is 6.92 Å². The Balaban J connectivity index is 2.39. The molecule has 2 N–H and O–H groups in total. The first kappa shape index (κ1) is 16.1. The summed E-state index contributed by atoms with van der Waals surface area (Å²) in [6.07, 6.45) is 1.89. The van der Waals surface area contributed by atoms with Crippen LogP contribution < -0.4 is 10.6 Å². The first-order valence-electron chi connectivity index (χ1n) is 7.35. The van der Waals surface area contributed by atoms with Crippen molar-refractivity contribution in [1.29, 1.82) is 0 Å². The lowest BCUT2D eigenvalue weighted by atomic mass is 10.0. The summed E-state index contributed by atoms with van der Waals surface area (Å²) >= 11 is 3.58. The lowest BCUT2D eigenvalue weighted by Gasteiger charge is -2.24. The summed E-state index contributed by atoms with van der Waals surface area (Å²) < 4.78 is 1.09. The maximum absolute atomic E-state index is 6.14. The van der Waals surface area contributed by atoms with Crippen LogP contribution in [0.4, 0.5) is 11.4 Å². The van der Waals surface area contributed by atoms with Crippen LogP contribution in [0.3, 0.4) is 0 Å². The highest BCUT2D eigenvalue weighted by molar-refractivity contribution is 9.10. The minimum atomic E-state index is 0.204. The van der Waals surface area contributed by atoms with Crippen molar-refractivity contribution in [3.8, 4) is 0 Å². The van der Waals surface area contributed by atoms with E-state index in [1.165, 1.54) is 22.5 Å². The molecule has 0 fully saturated rings. The molecule has 0 saturated carbocycles. The Hall–Kier alpha value is -1.32. The lowest BCUT2D eigenvalue weighted by Crippen LogP contribution is -2.23. The number of nitrogens with zero attached hydrogens (tertiary/aromatic N) is 1. The first-order chi connectivity index (χ1) is 10.0. The van der Waals surface area contributed by atoms with E-state index in [0.29, 0.717) is 0 Å². The van der Waals surface area contributed by atoms with Crippen LogP contribution in [0.25, 0.3) is 0 Å². The van der Waals surface area contributed by atoms with Crippen molar-refractivity contribution in [3.63, 3.8) is 0 Å². The molecule has 0 saturated heterocycles. The fourth-order valence-corrected chi connectivity index (χ4v) is 2.77. The Bertz CT molecular complexity index is 610. The number of hydrogen-bond acceptors (Lipinski definition) is 2. The molecule has 0 aliphatic carbocycles. The monoisotopic (exact) mass is 346 g/mol. The number of benzene rings is 2. The second kappa shape index (κ2) is 7.10. The van der Waals surface area contributed by atoms with E-state index in [0.717, 1.165) is 17.3 Å². The van der Waals surface area contributed by atoms with Gasteiger partial charge in [0.1, 0.15) is 0 Å². The maximum atomic E-state index is 6.14. The van der Waals surface area contributed by atoms with Gasteiger partial charge in [-0.05, 0) is 55.2 Å². The average Bonchev–Trinajstić information content (AvgIpc) is 2.48. The van der Waals surface area contributed by atoms with Gasteiger partial charge in [0.05, 0.1) is 0 Å². The molecule has 0 radical (unpaired) electrons. The van der Waals surface area contributed by atoms with Gasteiger partial charge in [-0.1, -0.05) is 41.1 Å². The lowest BCUT2D eigenvalue weighted by molar-refractivity contribution is 0.646. The van der Waals surface area contributed by atoms with E-state index in [9.17, 15) is 0 Å². The van der Waals surface area contributed by atoms with E-state index in [1.54, 1.807) is 0 Å². The van der Waals surface area contributed by atoms with Crippen molar-refractivity contribution in [2.24, 2.45) is 5.73 Å². The molecule has 112 valence electrons. The Morgan fingerprint density at radius 3 is 2.62 bits per heavy atom. The minimum absolute atomic E-state index is 0.204. The fourth-order valence-electron chi connectivity index (χ4n) is 2.42. The summed E-state index contributed by atoms with van der Waals surface area (Å²) in [6.45, 7) is 4.25. The molecule has 21 heavy (non-hydrogen) atoms. The molecular weight excluding hydrogens is 324 g/mol. The Morgan fingerprint density at radius 1 is 1.19 bits per heavy atom. The number of rotatable bonds is 5. The van der Waals surface area contributed by atoms with Crippen molar-refractivity contribution in [2.75, 3.05) is 11.9 Å². The zero-order valence-electron chi connectivity index (χ0n) is 12.9. The normalized spacial score (nSPS) is 12.2. The molecule has 0 amide bonds. The molecule has 1 atom stereocenters. The SMILES string of the molecule is CCC(N)Cc1ccc(Br)cc1N(C)c1cccc(C)c1. The summed E-state index contributed by atoms with van der Waals surface area (Å²) in [7, 11) is 2.11. The number of nitrogens with two attached hydrogens (primary N) is 1. The molecule has 0 aliphatic rings. The topological polar surface area (TPSA) is 29.3 Å². The number of hydrogen-bond donors (Lipinski definition) is 1. The first-order valence-corrected chi connectivity index (χ1v) is 8.15. The predicted octanol–water partition coefficient (Wildman–Crippen LogP) is 4.81. The predicted molar refractivity (Wildman–Crippen MR) is 95.4 cm³/mol. The Labute approximate surface area is 136 Å². The highest BCUT2D eigenvalue weighted by Gasteiger charge is 2.12. The smallest absolute Gasteiger partial charge is 0.0452 e. The van der Waals surface area contributed by atoms with Crippen LogP contribution in [0.1, 0.15) is 24.5 Å². The van der Waals surface area contributed by atoms with E-state index in [-0.39, 0.29) is 6.04 Å².